The van der Waals surface area contributed by atoms with Crippen LogP contribution >= 0.6 is 23.1 Å². The maximum atomic E-state index is 12.7. The third kappa shape index (κ3) is 4.48. The highest BCUT2D eigenvalue weighted by Crippen LogP contribution is 2.31. The van der Waals surface area contributed by atoms with Crippen LogP contribution in [0.5, 0.6) is 5.75 Å². The Bertz CT molecular complexity index is 701. The summed E-state index contributed by atoms with van der Waals surface area (Å²) in [6.45, 7) is 2.56. The molecule has 5 nitrogen and oxygen atoms in total. The first-order valence-electron chi connectivity index (χ1n) is 8.01. The number of aromatic nitrogens is 2. The standard InChI is InChI=1S/C17H21N3O2S2/c1-12-18-19-17(24-12)23-10-9-16(21)20(14-7-8-14)11-13-5-3-4-6-15(13)22-2/h3-6,14H,7-11H2,1-2H3. The van der Waals surface area contributed by atoms with E-state index in [1.54, 1.807) is 30.2 Å². The van der Waals surface area contributed by atoms with Crippen molar-refractivity contribution >= 4 is 29.0 Å². The zero-order valence-corrected chi connectivity index (χ0v) is 15.5. The Morgan fingerprint density at radius 3 is 2.83 bits per heavy atom. The maximum absolute atomic E-state index is 12.7. The minimum Gasteiger partial charge on any atom is -0.496 e. The van der Waals surface area contributed by atoms with Gasteiger partial charge in [-0.2, -0.15) is 0 Å². The van der Waals surface area contributed by atoms with Crippen LogP contribution in [-0.4, -0.2) is 39.9 Å². The summed E-state index contributed by atoms with van der Waals surface area (Å²) in [7, 11) is 1.67. The normalized spacial score (nSPS) is 13.8. The average Bonchev–Trinajstić information content (AvgIpc) is 3.35. The molecule has 0 atom stereocenters. The van der Waals surface area contributed by atoms with Gasteiger partial charge in [0, 0.05) is 30.3 Å². The Morgan fingerprint density at radius 2 is 2.17 bits per heavy atom. The number of carbonyl (C=O) groups is 1. The fraction of sp³-hybridized carbons (Fsp3) is 0.471. The minimum absolute atomic E-state index is 0.206. The van der Waals surface area contributed by atoms with E-state index in [0.717, 1.165) is 39.3 Å². The third-order valence-corrected chi connectivity index (χ3v) is 5.86. The van der Waals surface area contributed by atoms with Gasteiger partial charge in [-0.05, 0) is 25.8 Å². The van der Waals surface area contributed by atoms with Gasteiger partial charge in [0.1, 0.15) is 10.8 Å². The molecule has 1 aromatic carbocycles. The van der Waals surface area contributed by atoms with Gasteiger partial charge in [-0.3, -0.25) is 4.79 Å². The van der Waals surface area contributed by atoms with E-state index >= 15 is 0 Å². The molecule has 1 fully saturated rings. The van der Waals surface area contributed by atoms with Gasteiger partial charge in [-0.1, -0.05) is 41.3 Å². The first-order chi connectivity index (χ1) is 11.7. The van der Waals surface area contributed by atoms with Crippen molar-refractivity contribution in [3.63, 3.8) is 0 Å². The number of benzene rings is 1. The van der Waals surface area contributed by atoms with Gasteiger partial charge in [-0.15, -0.1) is 10.2 Å². The number of thioether (sulfide) groups is 1. The molecule has 24 heavy (non-hydrogen) atoms. The zero-order chi connectivity index (χ0) is 16.9. The van der Waals surface area contributed by atoms with Gasteiger partial charge in [0.2, 0.25) is 5.91 Å². The number of para-hydroxylation sites is 1. The third-order valence-electron chi connectivity index (χ3n) is 3.89. The first kappa shape index (κ1) is 17.2. The van der Waals surface area contributed by atoms with Gasteiger partial charge in [0.05, 0.1) is 7.11 Å². The van der Waals surface area contributed by atoms with E-state index in [9.17, 15) is 4.79 Å². The molecular weight excluding hydrogens is 342 g/mol. The van der Waals surface area contributed by atoms with Gasteiger partial charge in [0.25, 0.3) is 0 Å². The fourth-order valence-corrected chi connectivity index (χ4v) is 4.34. The second kappa shape index (κ2) is 7.98. The largest absolute Gasteiger partial charge is 0.496 e. The second-order valence-electron chi connectivity index (χ2n) is 5.75. The Hall–Kier alpha value is -1.60. The number of amides is 1. The number of carbonyl (C=O) groups excluding carboxylic acids is 1. The maximum Gasteiger partial charge on any atom is 0.223 e. The lowest BCUT2D eigenvalue weighted by molar-refractivity contribution is -0.131. The predicted molar refractivity (Wildman–Crippen MR) is 96.6 cm³/mol. The molecule has 0 saturated heterocycles. The number of methoxy groups -OCH3 is 1. The van der Waals surface area contributed by atoms with Crippen molar-refractivity contribution in [2.75, 3.05) is 12.9 Å². The monoisotopic (exact) mass is 363 g/mol. The van der Waals surface area contributed by atoms with E-state index in [2.05, 4.69) is 10.2 Å². The van der Waals surface area contributed by atoms with Gasteiger partial charge in [-0.25, -0.2) is 0 Å². The van der Waals surface area contributed by atoms with Crippen LogP contribution < -0.4 is 4.74 Å². The summed E-state index contributed by atoms with van der Waals surface area (Å²) in [5.41, 5.74) is 1.06. The van der Waals surface area contributed by atoms with Crippen LogP contribution in [-0.2, 0) is 11.3 Å². The van der Waals surface area contributed by atoms with Crippen molar-refractivity contribution < 1.29 is 9.53 Å². The molecule has 0 aliphatic heterocycles. The average molecular weight is 364 g/mol. The molecule has 2 aromatic rings. The Morgan fingerprint density at radius 1 is 1.38 bits per heavy atom. The molecule has 1 aliphatic carbocycles. The van der Waals surface area contributed by atoms with Gasteiger partial charge >= 0.3 is 0 Å². The summed E-state index contributed by atoms with van der Waals surface area (Å²) in [5.74, 6) is 1.79. The lowest BCUT2D eigenvalue weighted by Crippen LogP contribution is -2.32. The second-order valence-corrected chi connectivity index (χ2v) is 8.27. The van der Waals surface area contributed by atoms with Crippen LogP contribution in [0.1, 0.15) is 29.8 Å². The van der Waals surface area contributed by atoms with Crippen molar-refractivity contribution in [3.8, 4) is 5.75 Å². The lowest BCUT2D eigenvalue weighted by Gasteiger charge is -2.23. The van der Waals surface area contributed by atoms with E-state index in [4.69, 9.17) is 4.74 Å². The molecule has 0 N–H and O–H groups in total. The highest BCUT2D eigenvalue weighted by molar-refractivity contribution is 8.01. The molecule has 128 valence electrons. The van der Waals surface area contributed by atoms with E-state index < -0.39 is 0 Å². The molecule has 1 amide bonds. The van der Waals surface area contributed by atoms with Crippen LogP contribution in [0.25, 0.3) is 0 Å². The van der Waals surface area contributed by atoms with Crippen LogP contribution in [0.4, 0.5) is 0 Å². The zero-order valence-electron chi connectivity index (χ0n) is 13.9. The molecule has 0 unspecified atom stereocenters. The van der Waals surface area contributed by atoms with Crippen molar-refractivity contribution in [1.29, 1.82) is 0 Å². The Labute approximate surface area is 150 Å². The van der Waals surface area contributed by atoms with Crippen LogP contribution in [0.2, 0.25) is 0 Å². The summed E-state index contributed by atoms with van der Waals surface area (Å²) in [6, 6.07) is 8.29. The lowest BCUT2D eigenvalue weighted by atomic mass is 10.2. The summed E-state index contributed by atoms with van der Waals surface area (Å²) >= 11 is 3.18. The molecule has 7 heteroatoms. The molecule has 1 aliphatic rings. The minimum atomic E-state index is 0.206. The Kier molecular flexibility index (Phi) is 5.73. The van der Waals surface area contributed by atoms with Crippen LogP contribution in [0.15, 0.2) is 28.6 Å². The molecule has 1 aromatic heterocycles. The van der Waals surface area contributed by atoms with Gasteiger partial charge in [0.15, 0.2) is 4.34 Å². The molecule has 0 radical (unpaired) electrons. The Balaban J connectivity index is 1.57. The number of ether oxygens (including phenoxy) is 1. The number of nitrogens with zero attached hydrogens (tertiary/aromatic N) is 3. The molecule has 1 heterocycles. The van der Waals surface area contributed by atoms with Gasteiger partial charge < -0.3 is 9.64 Å². The highest BCUT2D eigenvalue weighted by atomic mass is 32.2. The molecule has 0 bridgehead atoms. The van der Waals surface area contributed by atoms with Crippen molar-refractivity contribution in [2.24, 2.45) is 0 Å². The first-order valence-corrected chi connectivity index (χ1v) is 9.82. The number of hydrogen-bond acceptors (Lipinski definition) is 6. The van der Waals surface area contributed by atoms with Crippen molar-refractivity contribution in [1.82, 2.24) is 15.1 Å². The topological polar surface area (TPSA) is 55.3 Å². The SMILES string of the molecule is COc1ccccc1CN(C(=O)CCSc1nnc(C)s1)C1CC1. The van der Waals surface area contributed by atoms with E-state index in [1.165, 1.54) is 0 Å². The summed E-state index contributed by atoms with van der Waals surface area (Å²) < 4.78 is 6.34. The van der Waals surface area contributed by atoms with Crippen molar-refractivity contribution in [2.45, 2.75) is 43.1 Å². The summed E-state index contributed by atoms with van der Waals surface area (Å²) in [4.78, 5) is 14.7. The van der Waals surface area contributed by atoms with Crippen LogP contribution in [0, 0.1) is 6.92 Å². The van der Waals surface area contributed by atoms with Crippen LogP contribution in [0.3, 0.4) is 0 Å². The summed E-state index contributed by atoms with van der Waals surface area (Å²) in [6.07, 6.45) is 2.72. The fourth-order valence-electron chi connectivity index (χ4n) is 2.53. The summed E-state index contributed by atoms with van der Waals surface area (Å²) in [5, 5.41) is 9.04. The molecule has 0 spiro atoms. The molecule has 3 rings (SSSR count). The molecule has 1 saturated carbocycles. The quantitative estimate of drug-likeness (QED) is 0.672. The van der Waals surface area contributed by atoms with Crippen molar-refractivity contribution in [3.05, 3.63) is 34.8 Å². The van der Waals surface area contributed by atoms with E-state index in [1.807, 2.05) is 36.1 Å². The predicted octanol–water partition coefficient (Wildman–Crippen LogP) is 3.53. The number of rotatable bonds is 8. The number of hydrogen-bond donors (Lipinski definition) is 0. The smallest absolute Gasteiger partial charge is 0.223 e. The number of aryl methyl sites for hydroxylation is 1. The van der Waals surface area contributed by atoms with E-state index in [-0.39, 0.29) is 5.91 Å². The molecular formula is C17H21N3O2S2. The van der Waals surface area contributed by atoms with E-state index in [0.29, 0.717) is 19.0 Å². The highest BCUT2D eigenvalue weighted by Gasteiger charge is 2.32.